The normalized spacial score (nSPS) is 10.5. The van der Waals surface area contributed by atoms with Gasteiger partial charge in [0.15, 0.2) is 0 Å². The molecule has 0 bridgehead atoms. The van der Waals surface area contributed by atoms with Crippen molar-refractivity contribution in [2.24, 2.45) is 0 Å². The SMILES string of the molecule is OCCCSCCNCCCOc1ccccc1. The van der Waals surface area contributed by atoms with Crippen molar-refractivity contribution >= 4 is 11.8 Å². The molecule has 0 aliphatic heterocycles. The molecular weight excluding hydrogens is 246 g/mol. The fourth-order valence-electron chi connectivity index (χ4n) is 1.44. The molecule has 1 rings (SSSR count). The highest BCUT2D eigenvalue weighted by Crippen LogP contribution is 2.08. The molecule has 0 unspecified atom stereocenters. The molecule has 0 atom stereocenters. The Morgan fingerprint density at radius 3 is 2.67 bits per heavy atom. The number of benzene rings is 1. The van der Waals surface area contributed by atoms with Crippen molar-refractivity contribution in [3.8, 4) is 5.75 Å². The molecule has 0 aliphatic rings. The lowest BCUT2D eigenvalue weighted by Gasteiger charge is -2.07. The summed E-state index contributed by atoms with van der Waals surface area (Å²) in [5.74, 6) is 3.10. The number of hydrogen-bond acceptors (Lipinski definition) is 4. The summed E-state index contributed by atoms with van der Waals surface area (Å²) in [6.07, 6.45) is 1.92. The molecular formula is C14H23NO2S. The Morgan fingerprint density at radius 2 is 1.89 bits per heavy atom. The number of rotatable bonds is 11. The van der Waals surface area contributed by atoms with Gasteiger partial charge in [0, 0.05) is 18.9 Å². The van der Waals surface area contributed by atoms with Crippen LogP contribution in [0, 0.1) is 0 Å². The minimum atomic E-state index is 0.303. The second-order valence-corrected chi connectivity index (χ2v) is 5.18. The smallest absolute Gasteiger partial charge is 0.119 e. The maximum atomic E-state index is 8.62. The Balaban J connectivity index is 1.82. The van der Waals surface area contributed by atoms with Crippen molar-refractivity contribution in [3.05, 3.63) is 30.3 Å². The second-order valence-electron chi connectivity index (χ2n) is 3.95. The highest BCUT2D eigenvalue weighted by Gasteiger charge is 1.93. The van der Waals surface area contributed by atoms with Crippen LogP contribution >= 0.6 is 11.8 Å². The summed E-state index contributed by atoms with van der Waals surface area (Å²) < 4.78 is 5.59. The first kappa shape index (κ1) is 15.3. The van der Waals surface area contributed by atoms with E-state index < -0.39 is 0 Å². The van der Waals surface area contributed by atoms with E-state index in [-0.39, 0.29) is 0 Å². The minimum Gasteiger partial charge on any atom is -0.494 e. The van der Waals surface area contributed by atoms with E-state index in [2.05, 4.69) is 5.32 Å². The van der Waals surface area contributed by atoms with Crippen LogP contribution in [0.15, 0.2) is 30.3 Å². The van der Waals surface area contributed by atoms with Gasteiger partial charge in [-0.1, -0.05) is 18.2 Å². The first-order chi connectivity index (χ1) is 8.93. The summed E-state index contributed by atoms with van der Waals surface area (Å²) in [4.78, 5) is 0. The third-order valence-electron chi connectivity index (χ3n) is 2.38. The van der Waals surface area contributed by atoms with Gasteiger partial charge in [-0.15, -0.1) is 0 Å². The molecule has 0 saturated heterocycles. The first-order valence-electron chi connectivity index (χ1n) is 6.50. The van der Waals surface area contributed by atoms with Crippen molar-refractivity contribution in [3.63, 3.8) is 0 Å². The summed E-state index contributed by atoms with van der Waals surface area (Å²) in [7, 11) is 0. The van der Waals surface area contributed by atoms with Gasteiger partial charge in [0.1, 0.15) is 5.75 Å². The zero-order valence-electron chi connectivity index (χ0n) is 10.8. The molecule has 102 valence electrons. The highest BCUT2D eigenvalue weighted by atomic mass is 32.2. The zero-order valence-corrected chi connectivity index (χ0v) is 11.6. The van der Waals surface area contributed by atoms with Crippen molar-refractivity contribution in [2.45, 2.75) is 12.8 Å². The summed E-state index contributed by atoms with van der Waals surface area (Å²) in [6, 6.07) is 9.91. The molecule has 0 radical (unpaired) electrons. The molecule has 0 heterocycles. The van der Waals surface area contributed by atoms with Gasteiger partial charge in [0.25, 0.3) is 0 Å². The van der Waals surface area contributed by atoms with E-state index in [1.54, 1.807) is 0 Å². The van der Waals surface area contributed by atoms with Crippen LogP contribution in [0.3, 0.4) is 0 Å². The number of para-hydroxylation sites is 1. The largest absolute Gasteiger partial charge is 0.494 e. The third kappa shape index (κ3) is 8.39. The van der Waals surface area contributed by atoms with Crippen LogP contribution in [-0.2, 0) is 0 Å². The lowest BCUT2D eigenvalue weighted by Crippen LogP contribution is -2.20. The Morgan fingerprint density at radius 1 is 1.06 bits per heavy atom. The molecule has 4 heteroatoms. The Hall–Kier alpha value is -0.710. The van der Waals surface area contributed by atoms with E-state index in [9.17, 15) is 0 Å². The molecule has 0 saturated carbocycles. The van der Waals surface area contributed by atoms with E-state index in [4.69, 9.17) is 9.84 Å². The first-order valence-corrected chi connectivity index (χ1v) is 7.66. The van der Waals surface area contributed by atoms with Crippen molar-refractivity contribution in [2.75, 3.05) is 37.8 Å². The van der Waals surface area contributed by atoms with Crippen LogP contribution in [-0.4, -0.2) is 42.9 Å². The van der Waals surface area contributed by atoms with Gasteiger partial charge in [-0.2, -0.15) is 11.8 Å². The minimum absolute atomic E-state index is 0.303. The average molecular weight is 269 g/mol. The van der Waals surface area contributed by atoms with Gasteiger partial charge in [0.2, 0.25) is 0 Å². The molecule has 18 heavy (non-hydrogen) atoms. The molecule has 1 aromatic carbocycles. The zero-order chi connectivity index (χ0) is 12.9. The Kier molecular flexibility index (Phi) is 9.71. The van der Waals surface area contributed by atoms with Crippen LogP contribution in [0.2, 0.25) is 0 Å². The van der Waals surface area contributed by atoms with Gasteiger partial charge in [0.05, 0.1) is 6.61 Å². The maximum Gasteiger partial charge on any atom is 0.119 e. The van der Waals surface area contributed by atoms with E-state index in [1.807, 2.05) is 42.1 Å². The van der Waals surface area contributed by atoms with Gasteiger partial charge in [-0.05, 0) is 37.3 Å². The van der Waals surface area contributed by atoms with E-state index >= 15 is 0 Å². The summed E-state index contributed by atoms with van der Waals surface area (Å²) in [5.41, 5.74) is 0. The van der Waals surface area contributed by atoms with Crippen LogP contribution in [0.1, 0.15) is 12.8 Å². The monoisotopic (exact) mass is 269 g/mol. The maximum absolute atomic E-state index is 8.62. The topological polar surface area (TPSA) is 41.5 Å². The fraction of sp³-hybridized carbons (Fsp3) is 0.571. The lowest BCUT2D eigenvalue weighted by atomic mass is 10.3. The second kappa shape index (κ2) is 11.4. The number of nitrogens with one attached hydrogen (secondary N) is 1. The molecule has 0 aliphatic carbocycles. The number of ether oxygens (including phenoxy) is 1. The third-order valence-corrected chi connectivity index (χ3v) is 3.45. The van der Waals surface area contributed by atoms with Crippen LogP contribution in [0.25, 0.3) is 0 Å². The van der Waals surface area contributed by atoms with Crippen LogP contribution in [0.5, 0.6) is 5.75 Å². The van der Waals surface area contributed by atoms with Gasteiger partial charge in [-0.3, -0.25) is 0 Å². The quantitative estimate of drug-likeness (QED) is 0.604. The Labute approximate surface area is 114 Å². The summed E-state index contributed by atoms with van der Waals surface area (Å²) in [6.45, 7) is 3.08. The number of hydrogen-bond donors (Lipinski definition) is 2. The standard InChI is InChI=1S/C14H23NO2S/c16-10-5-12-18-13-9-15-8-4-11-17-14-6-2-1-3-7-14/h1-3,6-7,15-16H,4-5,8-13H2. The van der Waals surface area contributed by atoms with Gasteiger partial charge in [-0.25, -0.2) is 0 Å². The Bertz CT molecular complexity index is 282. The summed E-state index contributed by atoms with van der Waals surface area (Å²) in [5, 5.41) is 12.0. The fourth-order valence-corrected chi connectivity index (χ4v) is 2.27. The van der Waals surface area contributed by atoms with Crippen molar-refractivity contribution in [1.82, 2.24) is 5.32 Å². The molecule has 0 amide bonds. The molecule has 0 fully saturated rings. The molecule has 1 aromatic rings. The van der Waals surface area contributed by atoms with E-state index in [0.717, 1.165) is 49.8 Å². The van der Waals surface area contributed by atoms with E-state index in [0.29, 0.717) is 6.61 Å². The van der Waals surface area contributed by atoms with E-state index in [1.165, 1.54) is 0 Å². The molecule has 0 spiro atoms. The predicted molar refractivity (Wildman–Crippen MR) is 78.5 cm³/mol. The highest BCUT2D eigenvalue weighted by molar-refractivity contribution is 7.99. The molecule has 2 N–H and O–H groups in total. The number of aliphatic hydroxyl groups is 1. The molecule has 0 aromatic heterocycles. The van der Waals surface area contributed by atoms with Gasteiger partial charge < -0.3 is 15.2 Å². The average Bonchev–Trinajstić information content (AvgIpc) is 2.42. The molecule has 3 nitrogen and oxygen atoms in total. The lowest BCUT2D eigenvalue weighted by molar-refractivity contribution is 0.296. The van der Waals surface area contributed by atoms with Crippen molar-refractivity contribution < 1.29 is 9.84 Å². The van der Waals surface area contributed by atoms with Crippen LogP contribution in [0.4, 0.5) is 0 Å². The van der Waals surface area contributed by atoms with Crippen molar-refractivity contribution in [1.29, 1.82) is 0 Å². The summed E-state index contributed by atoms with van der Waals surface area (Å²) >= 11 is 1.88. The number of aliphatic hydroxyl groups excluding tert-OH is 1. The van der Waals surface area contributed by atoms with Crippen LogP contribution < -0.4 is 10.1 Å². The predicted octanol–water partition coefficient (Wildman–Crippen LogP) is 2.16. The van der Waals surface area contributed by atoms with Gasteiger partial charge >= 0.3 is 0 Å². The number of thioether (sulfide) groups is 1.